The minimum atomic E-state index is -0.990. The molecule has 1 heterocycles. The number of pyridine rings is 1. The minimum Gasteiger partial charge on any atom is -0.482 e. The lowest BCUT2D eigenvalue weighted by Crippen LogP contribution is -2.28. The summed E-state index contributed by atoms with van der Waals surface area (Å²) in [5.41, 5.74) is 0.411. The molecule has 0 saturated heterocycles. The third-order valence-electron chi connectivity index (χ3n) is 4.83. The molecule has 8 heteroatoms. The van der Waals surface area contributed by atoms with Crippen molar-refractivity contribution in [2.75, 3.05) is 11.9 Å². The second kappa shape index (κ2) is 11.3. The number of hydrogen-bond acceptors (Lipinski definition) is 7. The number of ketones is 1. The third kappa shape index (κ3) is 7.67. The van der Waals surface area contributed by atoms with Crippen LogP contribution in [-0.4, -0.2) is 35.4 Å². The topological polar surface area (TPSA) is 104 Å². The summed E-state index contributed by atoms with van der Waals surface area (Å²) in [4.78, 5) is 40.9. The van der Waals surface area contributed by atoms with Gasteiger partial charge in [-0.05, 0) is 61.5 Å². The van der Waals surface area contributed by atoms with Crippen molar-refractivity contribution in [1.82, 2.24) is 4.98 Å². The number of nitrogens with one attached hydrogen (secondary N) is 1. The maximum atomic E-state index is 12.6. The molecule has 0 fully saturated rings. The van der Waals surface area contributed by atoms with Crippen LogP contribution in [0.2, 0.25) is 0 Å². The Morgan fingerprint density at radius 2 is 1.57 bits per heavy atom. The van der Waals surface area contributed by atoms with E-state index in [9.17, 15) is 14.4 Å². The highest BCUT2D eigenvalue weighted by molar-refractivity contribution is 6.01. The lowest BCUT2D eigenvalue weighted by molar-refractivity contribution is -0.148. The van der Waals surface area contributed by atoms with Gasteiger partial charge in [-0.25, -0.2) is 9.78 Å². The monoisotopic (exact) mass is 476 g/mol. The Morgan fingerprint density at radius 1 is 0.914 bits per heavy atom. The number of Topliss-reactive ketones (excluding diaryl/α,β-unsaturated/α-hetero) is 1. The molecule has 0 bridgehead atoms. The molecule has 1 atom stereocenters. The number of anilines is 1. The molecule has 2 aromatic carbocycles. The molecule has 8 nitrogen and oxygen atoms in total. The molecule has 0 aliphatic carbocycles. The van der Waals surface area contributed by atoms with Crippen LogP contribution in [0.3, 0.4) is 0 Å². The van der Waals surface area contributed by atoms with Crippen molar-refractivity contribution in [3.63, 3.8) is 0 Å². The average Bonchev–Trinajstić information content (AvgIpc) is 2.83. The highest BCUT2D eigenvalue weighted by atomic mass is 16.6. The molecular formula is C27H28N2O6. The van der Waals surface area contributed by atoms with Gasteiger partial charge >= 0.3 is 5.97 Å². The summed E-state index contributed by atoms with van der Waals surface area (Å²) in [5.74, 6) is 0.322. The van der Waals surface area contributed by atoms with Crippen molar-refractivity contribution in [2.45, 2.75) is 33.8 Å². The van der Waals surface area contributed by atoms with Crippen LogP contribution in [0.25, 0.3) is 0 Å². The smallest absolute Gasteiger partial charge is 0.344 e. The maximum absolute atomic E-state index is 12.6. The fourth-order valence-electron chi connectivity index (χ4n) is 2.83. The summed E-state index contributed by atoms with van der Waals surface area (Å²) in [5, 5.41) is 2.79. The van der Waals surface area contributed by atoms with Gasteiger partial charge in [-0.2, -0.15) is 0 Å². The highest BCUT2D eigenvalue weighted by Crippen LogP contribution is 2.22. The molecule has 0 radical (unpaired) electrons. The first-order valence-electron chi connectivity index (χ1n) is 11.1. The van der Waals surface area contributed by atoms with Gasteiger partial charge in [0.2, 0.25) is 17.6 Å². The molecule has 1 N–H and O–H groups in total. The second-order valence-corrected chi connectivity index (χ2v) is 8.81. The minimum absolute atomic E-state index is 0.130. The van der Waals surface area contributed by atoms with Crippen LogP contribution in [0, 0.1) is 5.41 Å². The summed E-state index contributed by atoms with van der Waals surface area (Å²) >= 11 is 0. The van der Waals surface area contributed by atoms with E-state index in [1.807, 2.05) is 26.8 Å². The SMILES string of the molecule is CC(OC(=O)COc1ccc(Oc2ccccn2)cc1)C(=O)c1ccc(NC(=O)C(C)(C)C)cc1. The van der Waals surface area contributed by atoms with E-state index in [4.69, 9.17) is 14.2 Å². The van der Waals surface area contributed by atoms with Crippen molar-refractivity contribution in [3.05, 3.63) is 78.5 Å². The fourth-order valence-corrected chi connectivity index (χ4v) is 2.83. The van der Waals surface area contributed by atoms with Crippen molar-refractivity contribution in [1.29, 1.82) is 0 Å². The third-order valence-corrected chi connectivity index (χ3v) is 4.83. The van der Waals surface area contributed by atoms with Gasteiger partial charge in [0.1, 0.15) is 11.5 Å². The summed E-state index contributed by atoms with van der Waals surface area (Å²) in [6.45, 7) is 6.59. The van der Waals surface area contributed by atoms with Crippen LogP contribution in [-0.2, 0) is 14.3 Å². The molecule has 1 aromatic heterocycles. The van der Waals surface area contributed by atoms with Gasteiger partial charge in [0.15, 0.2) is 12.7 Å². The highest BCUT2D eigenvalue weighted by Gasteiger charge is 2.22. The molecule has 182 valence electrons. The van der Waals surface area contributed by atoms with Gasteiger partial charge in [-0.1, -0.05) is 26.8 Å². The van der Waals surface area contributed by atoms with Crippen molar-refractivity contribution < 1.29 is 28.6 Å². The molecule has 0 aliphatic rings. The van der Waals surface area contributed by atoms with E-state index in [0.717, 1.165) is 0 Å². The maximum Gasteiger partial charge on any atom is 0.344 e. The number of hydrogen-bond donors (Lipinski definition) is 1. The van der Waals surface area contributed by atoms with Crippen molar-refractivity contribution >= 4 is 23.3 Å². The van der Waals surface area contributed by atoms with Crippen LogP contribution >= 0.6 is 0 Å². The Bertz CT molecular complexity index is 1150. The summed E-state index contributed by atoms with van der Waals surface area (Å²) in [6, 6.07) is 18.5. The molecular weight excluding hydrogens is 448 g/mol. The molecule has 0 aliphatic heterocycles. The fraction of sp³-hybridized carbons (Fsp3) is 0.259. The van der Waals surface area contributed by atoms with Gasteiger partial charge in [0.25, 0.3) is 0 Å². The summed E-state index contributed by atoms with van der Waals surface area (Å²) in [7, 11) is 0. The number of benzene rings is 2. The lowest BCUT2D eigenvalue weighted by Gasteiger charge is -2.18. The summed E-state index contributed by atoms with van der Waals surface area (Å²) < 4.78 is 16.3. The van der Waals surface area contributed by atoms with Crippen molar-refractivity contribution in [3.8, 4) is 17.4 Å². The molecule has 1 unspecified atom stereocenters. The van der Waals surface area contributed by atoms with E-state index >= 15 is 0 Å². The Morgan fingerprint density at radius 3 is 2.17 bits per heavy atom. The number of carbonyl (C=O) groups excluding carboxylic acids is 3. The van der Waals surface area contributed by atoms with E-state index in [1.54, 1.807) is 66.9 Å². The Kier molecular flexibility index (Phi) is 8.20. The van der Waals surface area contributed by atoms with E-state index in [-0.39, 0.29) is 18.3 Å². The predicted octanol–water partition coefficient (Wildman–Crippen LogP) is 5.05. The van der Waals surface area contributed by atoms with Gasteiger partial charge in [0, 0.05) is 28.9 Å². The molecule has 1 amide bonds. The normalized spacial score (nSPS) is 11.8. The standard InChI is InChI=1S/C27H28N2O6/c1-18(25(31)19-8-10-20(11-9-19)29-26(32)27(2,3)4)34-24(30)17-33-21-12-14-22(15-13-21)35-23-7-5-6-16-28-23/h5-16,18H,17H2,1-4H3,(H,29,32). The first kappa shape index (κ1) is 25.4. The van der Waals surface area contributed by atoms with Crippen LogP contribution in [0.5, 0.6) is 17.4 Å². The van der Waals surface area contributed by atoms with Crippen LogP contribution in [0.1, 0.15) is 38.1 Å². The van der Waals surface area contributed by atoms with E-state index < -0.39 is 17.5 Å². The van der Waals surface area contributed by atoms with Gasteiger partial charge in [-0.3, -0.25) is 9.59 Å². The van der Waals surface area contributed by atoms with E-state index in [0.29, 0.717) is 28.6 Å². The lowest BCUT2D eigenvalue weighted by atomic mass is 9.95. The zero-order valence-corrected chi connectivity index (χ0v) is 20.1. The number of rotatable bonds is 9. The Labute approximate surface area is 204 Å². The molecule has 3 rings (SSSR count). The number of ether oxygens (including phenoxy) is 3. The van der Waals surface area contributed by atoms with Crippen LogP contribution in [0.4, 0.5) is 5.69 Å². The molecule has 0 spiro atoms. The number of aromatic nitrogens is 1. The van der Waals surface area contributed by atoms with E-state index in [2.05, 4.69) is 10.3 Å². The van der Waals surface area contributed by atoms with Gasteiger partial charge < -0.3 is 19.5 Å². The molecule has 0 saturated carbocycles. The molecule has 35 heavy (non-hydrogen) atoms. The number of nitrogens with zero attached hydrogens (tertiary/aromatic N) is 1. The quantitative estimate of drug-likeness (QED) is 0.340. The second-order valence-electron chi connectivity index (χ2n) is 8.81. The van der Waals surface area contributed by atoms with Crippen LogP contribution < -0.4 is 14.8 Å². The number of esters is 1. The van der Waals surface area contributed by atoms with Gasteiger partial charge in [0.05, 0.1) is 0 Å². The number of amides is 1. The number of carbonyl (C=O) groups is 3. The first-order chi connectivity index (χ1) is 16.6. The largest absolute Gasteiger partial charge is 0.482 e. The van der Waals surface area contributed by atoms with E-state index in [1.165, 1.54) is 6.92 Å². The molecule has 3 aromatic rings. The zero-order chi connectivity index (χ0) is 25.4. The van der Waals surface area contributed by atoms with Gasteiger partial charge in [-0.15, -0.1) is 0 Å². The Balaban J connectivity index is 1.46. The Hall–Kier alpha value is -4.20. The predicted molar refractivity (Wildman–Crippen MR) is 131 cm³/mol. The average molecular weight is 477 g/mol. The van der Waals surface area contributed by atoms with Crippen molar-refractivity contribution in [2.24, 2.45) is 5.41 Å². The zero-order valence-electron chi connectivity index (χ0n) is 20.1. The summed E-state index contributed by atoms with van der Waals surface area (Å²) in [6.07, 6.45) is 0.641. The van der Waals surface area contributed by atoms with Crippen LogP contribution in [0.15, 0.2) is 72.9 Å². The first-order valence-corrected chi connectivity index (χ1v) is 11.1.